The highest BCUT2D eigenvalue weighted by molar-refractivity contribution is 6.32. The Bertz CT molecular complexity index is 1180. The number of imidazole rings is 1. The van der Waals surface area contributed by atoms with Gasteiger partial charge in [0.05, 0.1) is 10.7 Å². The minimum absolute atomic E-state index is 0.186. The van der Waals surface area contributed by atoms with Crippen LogP contribution < -0.4 is 5.32 Å². The molecule has 2 heterocycles. The lowest BCUT2D eigenvalue weighted by Gasteiger charge is -2.13. The second kappa shape index (κ2) is 7.44. The quantitative estimate of drug-likeness (QED) is 0.521. The van der Waals surface area contributed by atoms with Gasteiger partial charge in [0.1, 0.15) is 11.3 Å². The van der Waals surface area contributed by atoms with E-state index in [0.29, 0.717) is 21.9 Å². The fraction of sp³-hybridized carbons (Fsp3) is 0.136. The van der Waals surface area contributed by atoms with E-state index in [1.54, 1.807) is 24.4 Å². The van der Waals surface area contributed by atoms with Gasteiger partial charge in [-0.15, -0.1) is 0 Å². The number of benzene rings is 2. The Kier molecular flexibility index (Phi) is 4.84. The van der Waals surface area contributed by atoms with Crippen molar-refractivity contribution in [3.05, 3.63) is 82.8 Å². The summed E-state index contributed by atoms with van der Waals surface area (Å²) >= 11 is 6.46. The van der Waals surface area contributed by atoms with Crippen LogP contribution in [0.2, 0.25) is 5.02 Å². The third kappa shape index (κ3) is 3.25. The lowest BCUT2D eigenvalue weighted by Crippen LogP contribution is -2.14. The number of nitrogens with one attached hydrogen (secondary N) is 1. The molecule has 0 aliphatic rings. The van der Waals surface area contributed by atoms with Gasteiger partial charge in [0.25, 0.3) is 5.91 Å². The van der Waals surface area contributed by atoms with Gasteiger partial charge in [0.2, 0.25) is 0 Å². The minimum Gasteiger partial charge on any atom is -0.322 e. The number of para-hydroxylation sites is 1. The first kappa shape index (κ1) is 18.2. The molecule has 28 heavy (non-hydrogen) atoms. The number of halogens is 1. The number of anilines is 1. The fourth-order valence-electron chi connectivity index (χ4n) is 3.28. The number of aryl methyl sites for hydroxylation is 2. The van der Waals surface area contributed by atoms with Gasteiger partial charge < -0.3 is 5.32 Å². The monoisotopic (exact) mass is 390 g/mol. The number of carbonyl (C=O) groups is 1. The molecule has 0 aliphatic carbocycles. The van der Waals surface area contributed by atoms with Crippen LogP contribution in [0.25, 0.3) is 16.9 Å². The lowest BCUT2D eigenvalue weighted by atomic mass is 10.1. The average Bonchev–Trinajstić information content (AvgIpc) is 3.04. The number of fused-ring (bicyclic) bond motifs is 1. The molecule has 0 unspecified atom stereocenters. The van der Waals surface area contributed by atoms with Crippen LogP contribution in [0.3, 0.4) is 0 Å². The summed E-state index contributed by atoms with van der Waals surface area (Å²) in [5, 5.41) is 3.53. The summed E-state index contributed by atoms with van der Waals surface area (Å²) in [6.45, 7) is 3.95. The van der Waals surface area contributed by atoms with E-state index >= 15 is 0 Å². The summed E-state index contributed by atoms with van der Waals surface area (Å²) in [4.78, 5) is 21.8. The van der Waals surface area contributed by atoms with Crippen molar-refractivity contribution in [2.24, 2.45) is 0 Å². The Hall–Kier alpha value is -3.18. The molecular weight excluding hydrogens is 372 g/mol. The third-order valence-corrected chi connectivity index (χ3v) is 5.00. The van der Waals surface area contributed by atoms with Gasteiger partial charge in [-0.2, -0.15) is 0 Å². The van der Waals surface area contributed by atoms with Gasteiger partial charge in [-0.3, -0.25) is 9.36 Å². The molecule has 0 atom stereocenters. The fourth-order valence-corrected chi connectivity index (χ4v) is 3.49. The molecule has 0 radical (unpaired) electrons. The molecule has 4 aromatic rings. The van der Waals surface area contributed by atoms with Gasteiger partial charge in [0, 0.05) is 17.4 Å². The van der Waals surface area contributed by atoms with E-state index in [-0.39, 0.29) is 5.91 Å². The molecule has 140 valence electrons. The largest absolute Gasteiger partial charge is 0.322 e. The standard InChI is InChI=1S/C22H19ClN4O/c1-3-15-7-4-5-8-18(15)26-22(28)16-10-11-17(23)20(13-16)27-14(2)25-19-9-6-12-24-21(19)27/h4-13H,3H2,1-2H3,(H,26,28). The van der Waals surface area contributed by atoms with Crippen LogP contribution in [0.15, 0.2) is 60.8 Å². The Labute approximate surface area is 168 Å². The predicted molar refractivity (Wildman–Crippen MR) is 112 cm³/mol. The maximum Gasteiger partial charge on any atom is 0.255 e. The number of hydrogen-bond acceptors (Lipinski definition) is 3. The van der Waals surface area contributed by atoms with Crippen molar-refractivity contribution in [2.75, 3.05) is 5.32 Å². The maximum absolute atomic E-state index is 12.9. The number of amides is 1. The molecule has 2 aromatic heterocycles. The van der Waals surface area contributed by atoms with Crippen molar-refractivity contribution in [1.29, 1.82) is 0 Å². The first-order chi connectivity index (χ1) is 13.6. The SMILES string of the molecule is CCc1ccccc1NC(=O)c1ccc(Cl)c(-n2c(C)nc3cccnc32)c1. The topological polar surface area (TPSA) is 59.8 Å². The molecule has 0 saturated carbocycles. The molecule has 0 aliphatic heterocycles. The Balaban J connectivity index is 1.75. The van der Waals surface area contributed by atoms with Crippen LogP contribution in [0, 0.1) is 6.92 Å². The summed E-state index contributed by atoms with van der Waals surface area (Å²) in [5.74, 6) is 0.568. The van der Waals surface area contributed by atoms with Crippen LogP contribution in [0.1, 0.15) is 28.7 Å². The zero-order valence-corrected chi connectivity index (χ0v) is 16.4. The Morgan fingerprint density at radius 3 is 2.79 bits per heavy atom. The van der Waals surface area contributed by atoms with Gasteiger partial charge in [-0.05, 0) is 55.3 Å². The summed E-state index contributed by atoms with van der Waals surface area (Å²) in [7, 11) is 0. The summed E-state index contributed by atoms with van der Waals surface area (Å²) in [6, 6.07) is 16.8. The molecule has 1 N–H and O–H groups in total. The highest BCUT2D eigenvalue weighted by Gasteiger charge is 2.16. The van der Waals surface area contributed by atoms with Crippen LogP contribution in [0.5, 0.6) is 0 Å². The number of nitrogens with zero attached hydrogens (tertiary/aromatic N) is 3. The van der Waals surface area contributed by atoms with Crippen LogP contribution in [-0.4, -0.2) is 20.4 Å². The molecule has 0 bridgehead atoms. The van der Waals surface area contributed by atoms with Crippen LogP contribution >= 0.6 is 11.6 Å². The van der Waals surface area contributed by atoms with E-state index in [0.717, 1.165) is 29.0 Å². The van der Waals surface area contributed by atoms with Crippen molar-refractivity contribution in [2.45, 2.75) is 20.3 Å². The van der Waals surface area contributed by atoms with Crippen LogP contribution in [0.4, 0.5) is 5.69 Å². The first-order valence-corrected chi connectivity index (χ1v) is 9.45. The van der Waals surface area contributed by atoms with Crippen molar-refractivity contribution < 1.29 is 4.79 Å². The van der Waals surface area contributed by atoms with Crippen molar-refractivity contribution in [1.82, 2.24) is 14.5 Å². The lowest BCUT2D eigenvalue weighted by molar-refractivity contribution is 0.102. The molecule has 1 amide bonds. The molecule has 0 fully saturated rings. The molecule has 6 heteroatoms. The molecular formula is C22H19ClN4O. The molecule has 2 aromatic carbocycles. The molecule has 4 rings (SSSR count). The number of hydrogen-bond donors (Lipinski definition) is 1. The second-order valence-corrected chi connectivity index (χ2v) is 6.88. The Morgan fingerprint density at radius 1 is 1.14 bits per heavy atom. The zero-order valence-electron chi connectivity index (χ0n) is 15.6. The van der Waals surface area contributed by atoms with E-state index in [4.69, 9.17) is 11.6 Å². The summed E-state index contributed by atoms with van der Waals surface area (Å²) in [6.07, 6.45) is 2.56. The highest BCUT2D eigenvalue weighted by atomic mass is 35.5. The van der Waals surface area contributed by atoms with E-state index < -0.39 is 0 Å². The van der Waals surface area contributed by atoms with Crippen molar-refractivity contribution >= 4 is 34.4 Å². The first-order valence-electron chi connectivity index (χ1n) is 9.07. The second-order valence-electron chi connectivity index (χ2n) is 6.47. The third-order valence-electron chi connectivity index (χ3n) is 4.68. The van der Waals surface area contributed by atoms with Crippen molar-refractivity contribution in [3.8, 4) is 5.69 Å². The number of carbonyl (C=O) groups excluding carboxylic acids is 1. The zero-order chi connectivity index (χ0) is 19.7. The van der Waals surface area contributed by atoms with Gasteiger partial charge in [-0.25, -0.2) is 9.97 Å². The number of pyridine rings is 1. The minimum atomic E-state index is -0.186. The van der Waals surface area contributed by atoms with Gasteiger partial charge >= 0.3 is 0 Å². The number of aromatic nitrogens is 3. The normalized spacial score (nSPS) is 11.0. The molecule has 0 spiro atoms. The predicted octanol–water partition coefficient (Wildman–Crippen LogP) is 5.20. The van der Waals surface area contributed by atoms with Gasteiger partial charge in [-0.1, -0.05) is 36.7 Å². The smallest absolute Gasteiger partial charge is 0.255 e. The van der Waals surface area contributed by atoms with E-state index in [1.807, 2.05) is 47.9 Å². The average molecular weight is 391 g/mol. The highest BCUT2D eigenvalue weighted by Crippen LogP contribution is 2.27. The molecule has 5 nitrogen and oxygen atoms in total. The van der Waals surface area contributed by atoms with Crippen LogP contribution in [-0.2, 0) is 6.42 Å². The summed E-state index contributed by atoms with van der Waals surface area (Å²) in [5.41, 5.74) is 4.58. The van der Waals surface area contributed by atoms with E-state index in [2.05, 4.69) is 22.2 Å². The maximum atomic E-state index is 12.9. The van der Waals surface area contributed by atoms with E-state index in [9.17, 15) is 4.79 Å². The van der Waals surface area contributed by atoms with Crippen molar-refractivity contribution in [3.63, 3.8) is 0 Å². The Morgan fingerprint density at radius 2 is 1.96 bits per heavy atom. The molecule has 0 saturated heterocycles. The van der Waals surface area contributed by atoms with Gasteiger partial charge in [0.15, 0.2) is 5.65 Å². The number of rotatable bonds is 4. The summed E-state index contributed by atoms with van der Waals surface area (Å²) < 4.78 is 1.87. The van der Waals surface area contributed by atoms with E-state index in [1.165, 1.54) is 0 Å².